The Labute approximate surface area is 93.3 Å². The first-order valence-corrected chi connectivity index (χ1v) is 4.81. The summed E-state index contributed by atoms with van der Waals surface area (Å²) in [7, 11) is 1.62. The van der Waals surface area contributed by atoms with Crippen LogP contribution < -0.4 is 10.5 Å². The average Bonchev–Trinajstić information content (AvgIpc) is 2.29. The van der Waals surface area contributed by atoms with Gasteiger partial charge in [0.2, 0.25) is 5.95 Å². The number of aryl methyl sites for hydroxylation is 1. The van der Waals surface area contributed by atoms with Gasteiger partial charge < -0.3 is 10.5 Å². The zero-order valence-corrected chi connectivity index (χ0v) is 9.14. The largest absolute Gasteiger partial charge is 0.496 e. The van der Waals surface area contributed by atoms with E-state index in [1.807, 2.05) is 25.1 Å². The number of nitrogens with zero attached hydrogens (tertiary/aromatic N) is 3. The zero-order chi connectivity index (χ0) is 11.5. The molecule has 0 spiro atoms. The van der Waals surface area contributed by atoms with Crippen molar-refractivity contribution in [1.82, 2.24) is 15.2 Å². The summed E-state index contributed by atoms with van der Waals surface area (Å²) in [6.45, 7) is 2.00. The first-order valence-electron chi connectivity index (χ1n) is 4.81. The monoisotopic (exact) mass is 216 g/mol. The van der Waals surface area contributed by atoms with E-state index >= 15 is 0 Å². The van der Waals surface area contributed by atoms with Crippen LogP contribution in [0.15, 0.2) is 24.4 Å². The molecule has 0 radical (unpaired) electrons. The van der Waals surface area contributed by atoms with Gasteiger partial charge in [-0.2, -0.15) is 5.10 Å². The Morgan fingerprint density at radius 2 is 2.12 bits per heavy atom. The molecule has 1 aromatic heterocycles. The summed E-state index contributed by atoms with van der Waals surface area (Å²) < 4.78 is 5.27. The number of methoxy groups -OCH3 is 1. The minimum atomic E-state index is 0.154. The first-order chi connectivity index (χ1) is 7.70. The van der Waals surface area contributed by atoms with Gasteiger partial charge in [0.15, 0.2) is 0 Å². The molecule has 2 N–H and O–H groups in total. The van der Waals surface area contributed by atoms with E-state index in [0.29, 0.717) is 5.69 Å². The third kappa shape index (κ3) is 1.93. The van der Waals surface area contributed by atoms with Crippen LogP contribution >= 0.6 is 0 Å². The second-order valence-corrected chi connectivity index (χ2v) is 3.40. The van der Waals surface area contributed by atoms with E-state index in [1.165, 1.54) is 0 Å². The van der Waals surface area contributed by atoms with Crippen LogP contribution in [0.1, 0.15) is 5.56 Å². The molecule has 0 unspecified atom stereocenters. The molecule has 0 aliphatic carbocycles. The lowest BCUT2D eigenvalue weighted by Crippen LogP contribution is -1.99. The Morgan fingerprint density at radius 3 is 2.81 bits per heavy atom. The molecule has 2 aromatic rings. The highest BCUT2D eigenvalue weighted by atomic mass is 16.5. The van der Waals surface area contributed by atoms with Crippen molar-refractivity contribution in [1.29, 1.82) is 0 Å². The van der Waals surface area contributed by atoms with E-state index in [2.05, 4.69) is 15.2 Å². The number of rotatable bonds is 2. The summed E-state index contributed by atoms with van der Waals surface area (Å²) in [4.78, 5) is 4.12. The normalized spacial score (nSPS) is 10.1. The van der Waals surface area contributed by atoms with Gasteiger partial charge in [0, 0.05) is 5.56 Å². The van der Waals surface area contributed by atoms with Crippen LogP contribution in [0.2, 0.25) is 0 Å². The number of nitrogen functional groups attached to an aromatic ring is 1. The van der Waals surface area contributed by atoms with Gasteiger partial charge in [0.05, 0.1) is 19.0 Å². The molecule has 0 aliphatic heterocycles. The lowest BCUT2D eigenvalue weighted by molar-refractivity contribution is 0.416. The van der Waals surface area contributed by atoms with Gasteiger partial charge in [0.1, 0.15) is 5.75 Å². The van der Waals surface area contributed by atoms with Crippen LogP contribution in [-0.2, 0) is 0 Å². The van der Waals surface area contributed by atoms with Crippen molar-refractivity contribution in [3.63, 3.8) is 0 Å². The van der Waals surface area contributed by atoms with Gasteiger partial charge in [0.25, 0.3) is 0 Å². The number of hydrogen-bond donors (Lipinski definition) is 1. The number of nitrogens with two attached hydrogens (primary N) is 1. The minimum Gasteiger partial charge on any atom is -0.496 e. The predicted octanol–water partition coefficient (Wildman–Crippen LogP) is 1.44. The van der Waals surface area contributed by atoms with Crippen LogP contribution in [0.4, 0.5) is 5.95 Å². The molecular weight excluding hydrogens is 204 g/mol. The van der Waals surface area contributed by atoms with Gasteiger partial charge >= 0.3 is 0 Å². The second-order valence-electron chi connectivity index (χ2n) is 3.40. The highest BCUT2D eigenvalue weighted by Crippen LogP contribution is 2.28. The molecule has 2 rings (SSSR count). The maximum atomic E-state index is 5.50. The molecule has 1 heterocycles. The quantitative estimate of drug-likeness (QED) is 0.822. The van der Waals surface area contributed by atoms with Crippen LogP contribution in [-0.4, -0.2) is 22.3 Å². The van der Waals surface area contributed by atoms with Gasteiger partial charge in [-0.15, -0.1) is 5.10 Å². The van der Waals surface area contributed by atoms with Crippen molar-refractivity contribution >= 4 is 5.95 Å². The van der Waals surface area contributed by atoms with Gasteiger partial charge in [-0.3, -0.25) is 0 Å². The Balaban J connectivity index is 2.58. The van der Waals surface area contributed by atoms with Gasteiger partial charge in [-0.05, 0) is 19.1 Å². The van der Waals surface area contributed by atoms with Crippen molar-refractivity contribution in [2.24, 2.45) is 0 Å². The van der Waals surface area contributed by atoms with Crippen molar-refractivity contribution in [2.75, 3.05) is 12.8 Å². The highest BCUT2D eigenvalue weighted by Gasteiger charge is 2.08. The predicted molar refractivity (Wildman–Crippen MR) is 61.0 cm³/mol. The van der Waals surface area contributed by atoms with E-state index in [-0.39, 0.29) is 5.95 Å². The van der Waals surface area contributed by atoms with E-state index in [1.54, 1.807) is 13.3 Å². The first kappa shape index (κ1) is 10.4. The highest BCUT2D eigenvalue weighted by molar-refractivity contribution is 5.67. The number of benzene rings is 1. The van der Waals surface area contributed by atoms with Crippen LogP contribution in [0, 0.1) is 6.92 Å². The lowest BCUT2D eigenvalue weighted by atomic mass is 10.1. The molecule has 16 heavy (non-hydrogen) atoms. The summed E-state index contributed by atoms with van der Waals surface area (Å²) >= 11 is 0. The lowest BCUT2D eigenvalue weighted by Gasteiger charge is -2.08. The molecule has 5 nitrogen and oxygen atoms in total. The third-order valence-electron chi connectivity index (χ3n) is 2.21. The van der Waals surface area contributed by atoms with E-state index in [4.69, 9.17) is 10.5 Å². The molecule has 0 aliphatic rings. The molecule has 5 heteroatoms. The molecule has 82 valence electrons. The number of hydrogen-bond acceptors (Lipinski definition) is 5. The summed E-state index contributed by atoms with van der Waals surface area (Å²) in [5.41, 5.74) is 8.14. The van der Waals surface area contributed by atoms with E-state index < -0.39 is 0 Å². The average molecular weight is 216 g/mol. The number of aromatic nitrogens is 3. The molecule has 1 aromatic carbocycles. The molecule has 0 saturated heterocycles. The van der Waals surface area contributed by atoms with Gasteiger partial charge in [-0.1, -0.05) is 11.6 Å². The SMILES string of the molecule is COc1ccc(C)cc1-c1cnnc(N)n1. The fraction of sp³-hybridized carbons (Fsp3) is 0.182. The summed E-state index contributed by atoms with van der Waals surface area (Å²) in [6, 6.07) is 5.84. The molecule has 0 fully saturated rings. The molecular formula is C11H12N4O. The Morgan fingerprint density at radius 1 is 1.31 bits per heavy atom. The maximum absolute atomic E-state index is 5.50. The maximum Gasteiger partial charge on any atom is 0.240 e. The zero-order valence-electron chi connectivity index (χ0n) is 9.14. The molecule has 0 bridgehead atoms. The van der Waals surface area contributed by atoms with E-state index in [0.717, 1.165) is 16.9 Å². The van der Waals surface area contributed by atoms with Crippen LogP contribution in [0.3, 0.4) is 0 Å². The standard InChI is InChI=1S/C11H12N4O/c1-7-3-4-10(16-2)8(5-7)9-6-13-15-11(12)14-9/h3-6H,1-2H3,(H2,12,14,15). The Hall–Kier alpha value is -2.17. The van der Waals surface area contributed by atoms with Crippen molar-refractivity contribution < 1.29 is 4.74 Å². The number of anilines is 1. The van der Waals surface area contributed by atoms with Crippen molar-refractivity contribution in [3.8, 4) is 17.0 Å². The molecule has 0 amide bonds. The smallest absolute Gasteiger partial charge is 0.240 e. The summed E-state index contributed by atoms with van der Waals surface area (Å²) in [5, 5.41) is 7.39. The Kier molecular flexibility index (Phi) is 2.68. The van der Waals surface area contributed by atoms with Crippen LogP contribution in [0.5, 0.6) is 5.75 Å². The Bertz CT molecular complexity index is 513. The third-order valence-corrected chi connectivity index (χ3v) is 2.21. The number of ether oxygens (including phenoxy) is 1. The van der Waals surface area contributed by atoms with Gasteiger partial charge in [-0.25, -0.2) is 4.98 Å². The summed E-state index contributed by atoms with van der Waals surface area (Å²) in [6.07, 6.45) is 1.56. The topological polar surface area (TPSA) is 73.9 Å². The fourth-order valence-corrected chi connectivity index (χ4v) is 1.47. The second kappa shape index (κ2) is 4.14. The van der Waals surface area contributed by atoms with Crippen molar-refractivity contribution in [2.45, 2.75) is 6.92 Å². The fourth-order valence-electron chi connectivity index (χ4n) is 1.47. The van der Waals surface area contributed by atoms with E-state index in [9.17, 15) is 0 Å². The van der Waals surface area contributed by atoms with Crippen molar-refractivity contribution in [3.05, 3.63) is 30.0 Å². The molecule has 0 saturated carbocycles. The molecule has 0 atom stereocenters. The summed E-state index contributed by atoms with van der Waals surface area (Å²) in [5.74, 6) is 0.895. The van der Waals surface area contributed by atoms with Crippen LogP contribution in [0.25, 0.3) is 11.3 Å². The minimum absolute atomic E-state index is 0.154.